The Hall–Kier alpha value is -1.30. The predicted octanol–water partition coefficient (Wildman–Crippen LogP) is 2.15. The summed E-state index contributed by atoms with van der Waals surface area (Å²) in [6, 6.07) is 0.730. The molecule has 2 rings (SSSR count). The van der Waals surface area contributed by atoms with Crippen molar-refractivity contribution in [1.82, 2.24) is 15.5 Å². The van der Waals surface area contributed by atoms with Gasteiger partial charge in [-0.1, -0.05) is 33.1 Å². The molecule has 2 aliphatic rings. The van der Waals surface area contributed by atoms with Crippen LogP contribution in [-0.2, 0) is 9.53 Å². The van der Waals surface area contributed by atoms with Crippen molar-refractivity contribution in [1.29, 1.82) is 0 Å². The summed E-state index contributed by atoms with van der Waals surface area (Å²) in [4.78, 5) is 18.1. The number of likely N-dealkylation sites (N-methyl/N-ethyl adjacent to an activating group) is 1. The highest BCUT2D eigenvalue weighted by molar-refractivity contribution is 5.85. The molecule has 0 radical (unpaired) electrons. The lowest BCUT2D eigenvalue weighted by molar-refractivity contribution is -0.176. The highest BCUT2D eigenvalue weighted by Crippen LogP contribution is 2.51. The number of rotatable bonds is 5. The number of amides is 1. The third kappa shape index (κ3) is 4.46. The summed E-state index contributed by atoms with van der Waals surface area (Å²) in [5, 5.41) is 7.12. The molecule has 144 valence electrons. The van der Waals surface area contributed by atoms with Crippen LogP contribution in [0.5, 0.6) is 0 Å². The maximum Gasteiger partial charge on any atom is 0.243 e. The van der Waals surface area contributed by atoms with Gasteiger partial charge < -0.3 is 20.3 Å². The Bertz CT molecular complexity index is 498. The second kappa shape index (κ2) is 7.94. The lowest BCUT2D eigenvalue weighted by atomic mass is 9.56. The largest absolute Gasteiger partial charge is 0.378 e. The van der Waals surface area contributed by atoms with E-state index in [0.29, 0.717) is 6.04 Å². The molecule has 0 heterocycles. The van der Waals surface area contributed by atoms with Crippen LogP contribution in [0, 0.1) is 5.41 Å². The van der Waals surface area contributed by atoms with Crippen LogP contribution in [0.25, 0.3) is 0 Å². The van der Waals surface area contributed by atoms with Crippen LogP contribution in [0.1, 0.15) is 59.3 Å². The van der Waals surface area contributed by atoms with Gasteiger partial charge in [-0.05, 0) is 26.2 Å². The second-order valence-corrected chi connectivity index (χ2v) is 8.49. The van der Waals surface area contributed by atoms with Crippen molar-refractivity contribution >= 4 is 11.9 Å². The summed E-state index contributed by atoms with van der Waals surface area (Å²) in [6.07, 6.45) is 7.12. The number of carbonyl (C=O) groups is 1. The molecule has 25 heavy (non-hydrogen) atoms. The molecule has 1 amide bonds. The van der Waals surface area contributed by atoms with Crippen molar-refractivity contribution in [3.8, 4) is 0 Å². The van der Waals surface area contributed by atoms with E-state index in [1.54, 1.807) is 26.1 Å². The molecule has 0 aliphatic heterocycles. The van der Waals surface area contributed by atoms with Gasteiger partial charge in [-0.3, -0.25) is 4.79 Å². The number of nitrogens with one attached hydrogen (secondary N) is 2. The number of aliphatic imine (C=N–C) groups is 1. The summed E-state index contributed by atoms with van der Waals surface area (Å²) >= 11 is 0. The van der Waals surface area contributed by atoms with Gasteiger partial charge >= 0.3 is 0 Å². The minimum absolute atomic E-state index is 0.00230. The quantitative estimate of drug-likeness (QED) is 0.588. The second-order valence-electron chi connectivity index (χ2n) is 8.49. The Balaban J connectivity index is 2.03. The van der Waals surface area contributed by atoms with Gasteiger partial charge in [-0.15, -0.1) is 0 Å². The van der Waals surface area contributed by atoms with E-state index in [2.05, 4.69) is 36.4 Å². The van der Waals surface area contributed by atoms with Crippen molar-refractivity contribution in [2.45, 2.75) is 77.0 Å². The SMILES string of the molecule is COC1(C)CC(NC(=NCC(=O)N(C)C)NC2CCCCC2)C1(C)C. The number of methoxy groups -OCH3 is 1. The number of hydrogen-bond acceptors (Lipinski definition) is 3. The van der Waals surface area contributed by atoms with Crippen molar-refractivity contribution < 1.29 is 9.53 Å². The fourth-order valence-corrected chi connectivity index (χ4v) is 3.75. The fraction of sp³-hybridized carbons (Fsp3) is 0.895. The smallest absolute Gasteiger partial charge is 0.243 e. The van der Waals surface area contributed by atoms with Gasteiger partial charge in [0.15, 0.2) is 5.96 Å². The molecule has 2 N–H and O–H groups in total. The van der Waals surface area contributed by atoms with Crippen LogP contribution < -0.4 is 10.6 Å². The van der Waals surface area contributed by atoms with E-state index < -0.39 is 0 Å². The zero-order valence-electron chi connectivity index (χ0n) is 16.8. The summed E-state index contributed by atoms with van der Waals surface area (Å²) in [5.74, 6) is 0.776. The van der Waals surface area contributed by atoms with Crippen molar-refractivity contribution in [2.75, 3.05) is 27.7 Å². The van der Waals surface area contributed by atoms with E-state index in [1.165, 1.54) is 32.1 Å². The first-order chi connectivity index (χ1) is 11.7. The molecule has 2 atom stereocenters. The Morgan fingerprint density at radius 3 is 2.32 bits per heavy atom. The van der Waals surface area contributed by atoms with Crippen molar-refractivity contribution in [3.05, 3.63) is 0 Å². The van der Waals surface area contributed by atoms with E-state index in [0.717, 1.165) is 12.4 Å². The molecule has 2 unspecified atom stereocenters. The van der Waals surface area contributed by atoms with Crippen LogP contribution >= 0.6 is 0 Å². The number of ether oxygens (including phenoxy) is 1. The molecule has 0 aromatic heterocycles. The third-order valence-corrected chi connectivity index (χ3v) is 6.41. The molecular weight excluding hydrogens is 316 g/mol. The fourth-order valence-electron chi connectivity index (χ4n) is 3.75. The topological polar surface area (TPSA) is 66.0 Å². The maximum absolute atomic E-state index is 11.9. The monoisotopic (exact) mass is 352 g/mol. The van der Waals surface area contributed by atoms with E-state index >= 15 is 0 Å². The first kappa shape index (κ1) is 20.0. The summed E-state index contributed by atoms with van der Waals surface area (Å²) in [5.41, 5.74) is -0.123. The Kier molecular flexibility index (Phi) is 6.35. The minimum atomic E-state index is -0.125. The average Bonchev–Trinajstić information content (AvgIpc) is 2.59. The van der Waals surface area contributed by atoms with Gasteiger partial charge in [0.1, 0.15) is 6.54 Å². The van der Waals surface area contributed by atoms with E-state index in [-0.39, 0.29) is 29.5 Å². The van der Waals surface area contributed by atoms with Gasteiger partial charge in [0, 0.05) is 38.7 Å². The van der Waals surface area contributed by atoms with Crippen LogP contribution in [-0.4, -0.2) is 62.2 Å². The molecule has 2 saturated carbocycles. The first-order valence-electron chi connectivity index (χ1n) is 9.52. The van der Waals surface area contributed by atoms with Gasteiger partial charge in [0.05, 0.1) is 5.60 Å². The lowest BCUT2D eigenvalue weighted by Crippen LogP contribution is -2.69. The molecule has 6 nitrogen and oxygen atoms in total. The molecule has 2 fully saturated rings. The van der Waals surface area contributed by atoms with E-state index in [9.17, 15) is 4.79 Å². The number of carbonyl (C=O) groups excluding carboxylic acids is 1. The van der Waals surface area contributed by atoms with Gasteiger partial charge in [0.25, 0.3) is 0 Å². The van der Waals surface area contributed by atoms with Crippen LogP contribution in [0.2, 0.25) is 0 Å². The standard InChI is InChI=1S/C19H36N4O2/c1-18(2)15(12-19(18,3)25-6)22-17(20-13-16(24)23(4)5)21-14-10-8-7-9-11-14/h14-15H,7-13H2,1-6H3,(H2,20,21,22). The minimum Gasteiger partial charge on any atom is -0.378 e. The first-order valence-corrected chi connectivity index (χ1v) is 9.52. The highest BCUT2D eigenvalue weighted by Gasteiger charge is 2.58. The van der Waals surface area contributed by atoms with Crippen molar-refractivity contribution in [2.24, 2.45) is 10.4 Å². The molecule has 0 spiro atoms. The van der Waals surface area contributed by atoms with E-state index in [4.69, 9.17) is 4.74 Å². The van der Waals surface area contributed by atoms with Gasteiger partial charge in [-0.25, -0.2) is 4.99 Å². The van der Waals surface area contributed by atoms with Crippen LogP contribution in [0.4, 0.5) is 0 Å². The predicted molar refractivity (Wildman–Crippen MR) is 102 cm³/mol. The molecule has 2 aliphatic carbocycles. The zero-order valence-corrected chi connectivity index (χ0v) is 16.8. The maximum atomic E-state index is 11.9. The average molecular weight is 353 g/mol. The lowest BCUT2D eigenvalue weighted by Gasteiger charge is -2.59. The molecule has 0 bridgehead atoms. The molecule has 0 saturated heterocycles. The Morgan fingerprint density at radius 1 is 1.16 bits per heavy atom. The summed E-state index contributed by atoms with van der Waals surface area (Å²) in [7, 11) is 5.31. The number of hydrogen-bond donors (Lipinski definition) is 2. The van der Waals surface area contributed by atoms with Crippen molar-refractivity contribution in [3.63, 3.8) is 0 Å². The van der Waals surface area contributed by atoms with Crippen LogP contribution in [0.3, 0.4) is 0 Å². The summed E-state index contributed by atoms with van der Waals surface area (Å²) in [6.45, 7) is 6.78. The molecule has 6 heteroatoms. The summed E-state index contributed by atoms with van der Waals surface area (Å²) < 4.78 is 5.72. The molecule has 0 aromatic rings. The molecular formula is C19H36N4O2. The normalized spacial score (nSPS) is 29.7. The number of guanidine groups is 1. The number of nitrogens with zero attached hydrogens (tertiary/aromatic N) is 2. The highest BCUT2D eigenvalue weighted by atomic mass is 16.5. The van der Waals surface area contributed by atoms with E-state index in [1.807, 2.05) is 0 Å². The third-order valence-electron chi connectivity index (χ3n) is 6.41. The Morgan fingerprint density at radius 2 is 1.80 bits per heavy atom. The Labute approximate surface area is 152 Å². The van der Waals surface area contributed by atoms with Crippen LogP contribution in [0.15, 0.2) is 4.99 Å². The van der Waals surface area contributed by atoms with Gasteiger partial charge in [0.2, 0.25) is 5.91 Å². The van der Waals surface area contributed by atoms with Gasteiger partial charge in [-0.2, -0.15) is 0 Å². The molecule has 0 aromatic carbocycles. The zero-order chi connectivity index (χ0) is 18.7.